The first-order chi connectivity index (χ1) is 12.2. The van der Waals surface area contributed by atoms with E-state index in [9.17, 15) is 4.79 Å². The standard InChI is InChI=1S/C18H22N4O3/c1-12-15(4-6-17(20-12)24-2)18(23)22-14-3-5-16(19-11-14)21-13-7-9-25-10-8-13/h3-6,11,13H,7-10H2,1-2H3,(H,19,21)(H,22,23). The molecular weight excluding hydrogens is 320 g/mol. The average Bonchev–Trinajstić information content (AvgIpc) is 2.64. The molecule has 0 aromatic carbocycles. The van der Waals surface area contributed by atoms with Gasteiger partial charge in [0.05, 0.1) is 30.3 Å². The zero-order chi connectivity index (χ0) is 17.6. The summed E-state index contributed by atoms with van der Waals surface area (Å²) in [6, 6.07) is 7.45. The normalized spacial score (nSPS) is 14.8. The van der Waals surface area contributed by atoms with E-state index in [1.54, 1.807) is 32.4 Å². The van der Waals surface area contributed by atoms with Gasteiger partial charge in [-0.25, -0.2) is 9.97 Å². The van der Waals surface area contributed by atoms with Gasteiger partial charge >= 0.3 is 0 Å². The van der Waals surface area contributed by atoms with Crippen LogP contribution in [0.1, 0.15) is 28.9 Å². The lowest BCUT2D eigenvalue weighted by Gasteiger charge is -2.23. The Morgan fingerprint density at radius 3 is 2.68 bits per heavy atom. The Kier molecular flexibility index (Phi) is 5.45. The summed E-state index contributed by atoms with van der Waals surface area (Å²) < 4.78 is 10.4. The fourth-order valence-electron chi connectivity index (χ4n) is 2.69. The molecule has 1 aliphatic rings. The number of aromatic nitrogens is 2. The molecule has 1 aliphatic heterocycles. The highest BCUT2D eigenvalue weighted by Gasteiger charge is 2.14. The first kappa shape index (κ1) is 17.2. The molecule has 0 saturated carbocycles. The molecule has 2 aromatic rings. The lowest BCUT2D eigenvalue weighted by molar-refractivity contribution is 0.0904. The molecular formula is C18H22N4O3. The molecule has 3 heterocycles. The maximum Gasteiger partial charge on any atom is 0.257 e. The van der Waals surface area contributed by atoms with E-state index >= 15 is 0 Å². The monoisotopic (exact) mass is 342 g/mol. The maximum absolute atomic E-state index is 12.4. The van der Waals surface area contributed by atoms with Gasteiger partial charge < -0.3 is 20.1 Å². The van der Waals surface area contributed by atoms with Crippen LogP contribution in [0.2, 0.25) is 0 Å². The summed E-state index contributed by atoms with van der Waals surface area (Å²) in [4.78, 5) is 21.0. The van der Waals surface area contributed by atoms with E-state index in [2.05, 4.69) is 20.6 Å². The Morgan fingerprint density at radius 1 is 1.24 bits per heavy atom. The number of hydrogen-bond donors (Lipinski definition) is 2. The number of amides is 1. The average molecular weight is 342 g/mol. The highest BCUT2D eigenvalue weighted by molar-refractivity contribution is 6.04. The third-order valence-corrected chi connectivity index (χ3v) is 4.11. The van der Waals surface area contributed by atoms with Crippen molar-refractivity contribution in [1.29, 1.82) is 0 Å². The molecule has 1 fully saturated rings. The molecule has 3 rings (SSSR count). The van der Waals surface area contributed by atoms with Crippen LogP contribution < -0.4 is 15.4 Å². The van der Waals surface area contributed by atoms with Crippen molar-refractivity contribution >= 4 is 17.4 Å². The Balaban J connectivity index is 1.61. The first-order valence-electron chi connectivity index (χ1n) is 8.29. The van der Waals surface area contributed by atoms with Crippen molar-refractivity contribution in [3.63, 3.8) is 0 Å². The zero-order valence-corrected chi connectivity index (χ0v) is 14.4. The van der Waals surface area contributed by atoms with Gasteiger partial charge in [0.1, 0.15) is 5.82 Å². The van der Waals surface area contributed by atoms with Gasteiger partial charge in [-0.15, -0.1) is 0 Å². The van der Waals surface area contributed by atoms with E-state index in [1.807, 2.05) is 12.1 Å². The molecule has 2 N–H and O–H groups in total. The number of carbonyl (C=O) groups is 1. The van der Waals surface area contributed by atoms with Gasteiger partial charge in [0.15, 0.2) is 0 Å². The maximum atomic E-state index is 12.4. The second-order valence-electron chi connectivity index (χ2n) is 5.90. The van der Waals surface area contributed by atoms with Crippen LogP contribution >= 0.6 is 0 Å². The van der Waals surface area contributed by atoms with Gasteiger partial charge in [-0.05, 0) is 38.0 Å². The van der Waals surface area contributed by atoms with E-state index in [1.165, 1.54) is 0 Å². The van der Waals surface area contributed by atoms with E-state index in [4.69, 9.17) is 9.47 Å². The minimum absolute atomic E-state index is 0.223. The molecule has 0 spiro atoms. The molecule has 0 bridgehead atoms. The molecule has 0 atom stereocenters. The molecule has 1 saturated heterocycles. The van der Waals surface area contributed by atoms with Gasteiger partial charge in [-0.1, -0.05) is 0 Å². The smallest absolute Gasteiger partial charge is 0.257 e. The number of ether oxygens (including phenoxy) is 2. The molecule has 2 aromatic heterocycles. The SMILES string of the molecule is COc1ccc(C(=O)Nc2ccc(NC3CCOCC3)nc2)c(C)n1. The highest BCUT2D eigenvalue weighted by Crippen LogP contribution is 2.17. The van der Waals surface area contributed by atoms with Gasteiger partial charge in [-0.2, -0.15) is 0 Å². The molecule has 25 heavy (non-hydrogen) atoms. The quantitative estimate of drug-likeness (QED) is 0.869. The van der Waals surface area contributed by atoms with Gasteiger partial charge in [0.2, 0.25) is 5.88 Å². The summed E-state index contributed by atoms with van der Waals surface area (Å²) in [5, 5.41) is 6.22. The second-order valence-corrected chi connectivity index (χ2v) is 5.90. The minimum atomic E-state index is -0.223. The molecule has 1 amide bonds. The summed E-state index contributed by atoms with van der Waals surface area (Å²) in [7, 11) is 1.54. The number of aryl methyl sites for hydroxylation is 1. The lowest BCUT2D eigenvalue weighted by Crippen LogP contribution is -2.28. The fraction of sp³-hybridized carbons (Fsp3) is 0.389. The highest BCUT2D eigenvalue weighted by atomic mass is 16.5. The summed E-state index contributed by atoms with van der Waals surface area (Å²) in [5.41, 5.74) is 1.76. The topological polar surface area (TPSA) is 85.4 Å². The Labute approximate surface area is 146 Å². The van der Waals surface area contributed by atoms with Crippen LogP contribution in [0.15, 0.2) is 30.5 Å². The van der Waals surface area contributed by atoms with Crippen molar-refractivity contribution in [3.8, 4) is 5.88 Å². The van der Waals surface area contributed by atoms with E-state index in [-0.39, 0.29) is 5.91 Å². The molecule has 0 radical (unpaired) electrons. The van der Waals surface area contributed by atoms with E-state index < -0.39 is 0 Å². The summed E-state index contributed by atoms with van der Waals surface area (Å²) in [6.07, 6.45) is 3.60. The predicted molar refractivity (Wildman–Crippen MR) is 95.2 cm³/mol. The third-order valence-electron chi connectivity index (χ3n) is 4.11. The number of methoxy groups -OCH3 is 1. The van der Waals surface area contributed by atoms with Crippen LogP contribution in [-0.4, -0.2) is 42.2 Å². The Bertz CT molecular complexity index is 728. The molecule has 7 heteroatoms. The molecule has 7 nitrogen and oxygen atoms in total. The molecule has 0 unspecified atom stereocenters. The summed E-state index contributed by atoms with van der Waals surface area (Å²) in [5.74, 6) is 1.06. The van der Waals surface area contributed by atoms with Crippen LogP contribution in [0.5, 0.6) is 5.88 Å². The number of rotatable bonds is 5. The molecule has 0 aliphatic carbocycles. The van der Waals surface area contributed by atoms with Crippen molar-refractivity contribution < 1.29 is 14.3 Å². The van der Waals surface area contributed by atoms with Crippen molar-refractivity contribution in [1.82, 2.24) is 9.97 Å². The minimum Gasteiger partial charge on any atom is -0.481 e. The van der Waals surface area contributed by atoms with Gasteiger partial charge in [-0.3, -0.25) is 4.79 Å². The number of nitrogens with zero attached hydrogens (tertiary/aromatic N) is 2. The molecule has 132 valence electrons. The van der Waals surface area contributed by atoms with Crippen molar-refractivity contribution in [2.75, 3.05) is 31.0 Å². The summed E-state index contributed by atoms with van der Waals surface area (Å²) >= 11 is 0. The van der Waals surface area contributed by atoms with Gasteiger partial charge in [0, 0.05) is 25.3 Å². The van der Waals surface area contributed by atoms with Crippen LogP contribution in [0.25, 0.3) is 0 Å². The summed E-state index contributed by atoms with van der Waals surface area (Å²) in [6.45, 7) is 3.33. The zero-order valence-electron chi connectivity index (χ0n) is 14.4. The number of pyridine rings is 2. The van der Waals surface area contributed by atoms with Crippen LogP contribution in [0, 0.1) is 6.92 Å². The van der Waals surface area contributed by atoms with Crippen molar-refractivity contribution in [2.24, 2.45) is 0 Å². The second kappa shape index (κ2) is 7.94. The largest absolute Gasteiger partial charge is 0.481 e. The van der Waals surface area contributed by atoms with Crippen LogP contribution in [-0.2, 0) is 4.74 Å². The number of carbonyl (C=O) groups excluding carboxylic acids is 1. The Morgan fingerprint density at radius 2 is 2.04 bits per heavy atom. The van der Waals surface area contributed by atoms with Crippen LogP contribution in [0.4, 0.5) is 11.5 Å². The van der Waals surface area contributed by atoms with Gasteiger partial charge in [0.25, 0.3) is 5.91 Å². The van der Waals surface area contributed by atoms with Crippen molar-refractivity contribution in [3.05, 3.63) is 41.7 Å². The number of anilines is 2. The van der Waals surface area contributed by atoms with E-state index in [0.717, 1.165) is 31.9 Å². The third kappa shape index (κ3) is 4.45. The van der Waals surface area contributed by atoms with E-state index in [0.29, 0.717) is 28.9 Å². The van der Waals surface area contributed by atoms with Crippen molar-refractivity contribution in [2.45, 2.75) is 25.8 Å². The lowest BCUT2D eigenvalue weighted by atomic mass is 10.1. The fourth-order valence-corrected chi connectivity index (χ4v) is 2.69. The Hall–Kier alpha value is -2.67. The number of nitrogens with one attached hydrogen (secondary N) is 2. The predicted octanol–water partition coefficient (Wildman–Crippen LogP) is 2.64. The first-order valence-corrected chi connectivity index (χ1v) is 8.29. The number of hydrogen-bond acceptors (Lipinski definition) is 6. The van der Waals surface area contributed by atoms with Crippen LogP contribution in [0.3, 0.4) is 0 Å².